The fourth-order valence-corrected chi connectivity index (χ4v) is 10.9. The van der Waals surface area contributed by atoms with E-state index in [0.717, 1.165) is 32.0 Å². The number of nitrogens with zero attached hydrogens (tertiary/aromatic N) is 6. The standard InChI is InChI=1S/C47H52N10O5/c1-44(2)30-19-21-46(5,23-30)37(44)61-35(59)28-9-15-33(16-10-28)50-39-48-26-49-40-54-41(51-32-13-7-27(25-58)8-14-32)56-43(53-39)57-42(55-40)52-34-17-11-29(12-18-34)36(60)62-38-45(3,4)31-20-22-47(38,6)24-31/h7-18,25-26,30-31,37-38H,19-24H2,1-6H3,(H4,48,49,50,51,52,53,54,55,56,57). The van der Waals surface area contributed by atoms with Gasteiger partial charge in [-0.25, -0.2) is 14.6 Å². The Balaban J connectivity index is 0.941. The van der Waals surface area contributed by atoms with E-state index in [-0.39, 0.29) is 75.6 Å². The van der Waals surface area contributed by atoms with E-state index in [1.807, 2.05) is 0 Å². The van der Waals surface area contributed by atoms with E-state index in [2.05, 4.69) is 92.8 Å². The molecular weight excluding hydrogens is 785 g/mol. The second-order valence-corrected chi connectivity index (χ2v) is 19.2. The van der Waals surface area contributed by atoms with Crippen molar-refractivity contribution in [2.24, 2.45) is 63.5 Å². The van der Waals surface area contributed by atoms with Crippen LogP contribution in [0.5, 0.6) is 0 Å². The number of anilines is 3. The number of hydrogen-bond donors (Lipinski definition) is 4. The van der Waals surface area contributed by atoms with E-state index >= 15 is 0 Å². The van der Waals surface area contributed by atoms with Crippen molar-refractivity contribution in [1.29, 1.82) is 0 Å². The van der Waals surface area contributed by atoms with Crippen molar-refractivity contribution < 1.29 is 23.9 Å². The summed E-state index contributed by atoms with van der Waals surface area (Å²) in [7, 11) is 0. The molecule has 4 N–H and O–H groups in total. The van der Waals surface area contributed by atoms with Gasteiger partial charge in [0.15, 0.2) is 0 Å². The van der Waals surface area contributed by atoms with Crippen LogP contribution in [-0.4, -0.2) is 66.6 Å². The minimum absolute atomic E-state index is 0.000149. The first kappa shape index (κ1) is 40.9. The fraction of sp³-hybridized carbons (Fsp3) is 0.426. The maximum Gasteiger partial charge on any atom is 0.338 e. The van der Waals surface area contributed by atoms with Gasteiger partial charge in [-0.15, -0.1) is 0 Å². The monoisotopic (exact) mass is 836 g/mol. The largest absolute Gasteiger partial charge is 0.458 e. The maximum absolute atomic E-state index is 13.4. The molecule has 0 spiro atoms. The third-order valence-corrected chi connectivity index (χ3v) is 14.2. The molecule has 3 aliphatic heterocycles. The van der Waals surface area contributed by atoms with Crippen molar-refractivity contribution >= 4 is 71.4 Å². The highest BCUT2D eigenvalue weighted by Crippen LogP contribution is 2.64. The van der Waals surface area contributed by atoms with Crippen molar-refractivity contribution in [2.75, 3.05) is 16.0 Å². The van der Waals surface area contributed by atoms with Crippen LogP contribution in [0.3, 0.4) is 0 Å². The molecule has 0 radical (unpaired) electrons. The van der Waals surface area contributed by atoms with Crippen molar-refractivity contribution in [3.8, 4) is 0 Å². The third-order valence-electron chi connectivity index (χ3n) is 14.2. The lowest BCUT2D eigenvalue weighted by Gasteiger charge is -2.41. The summed E-state index contributed by atoms with van der Waals surface area (Å²) in [5.41, 5.74) is 3.09. The summed E-state index contributed by atoms with van der Waals surface area (Å²) in [5.74, 6) is 0.791. The smallest absolute Gasteiger partial charge is 0.338 e. The number of benzene rings is 3. The van der Waals surface area contributed by atoms with Gasteiger partial charge in [0.25, 0.3) is 5.96 Å². The summed E-state index contributed by atoms with van der Waals surface area (Å²) < 4.78 is 12.4. The summed E-state index contributed by atoms with van der Waals surface area (Å²) in [6.07, 6.45) is 8.53. The van der Waals surface area contributed by atoms with Gasteiger partial charge in [-0.1, -0.05) is 41.5 Å². The van der Waals surface area contributed by atoms with Crippen molar-refractivity contribution in [2.45, 2.75) is 92.3 Å². The Kier molecular flexibility index (Phi) is 10.2. The summed E-state index contributed by atoms with van der Waals surface area (Å²) in [5, 5.41) is 12.5. The predicted molar refractivity (Wildman–Crippen MR) is 241 cm³/mol. The molecule has 10 rings (SSSR count). The van der Waals surface area contributed by atoms with Crippen LogP contribution in [0.15, 0.2) is 103 Å². The molecule has 15 heteroatoms. The number of rotatable bonds is 8. The van der Waals surface area contributed by atoms with Gasteiger partial charge in [0.1, 0.15) is 18.5 Å². The van der Waals surface area contributed by atoms with E-state index in [1.54, 1.807) is 72.8 Å². The zero-order valence-electron chi connectivity index (χ0n) is 35.9. The second-order valence-electron chi connectivity index (χ2n) is 19.2. The van der Waals surface area contributed by atoms with Crippen LogP contribution in [-0.2, 0) is 9.47 Å². The number of hydrogen-bond acceptors (Lipinski definition) is 15. The lowest BCUT2D eigenvalue weighted by atomic mass is 9.70. The van der Waals surface area contributed by atoms with E-state index in [0.29, 0.717) is 45.6 Å². The molecular formula is C47H52N10O5. The summed E-state index contributed by atoms with van der Waals surface area (Å²) in [6.45, 7) is 13.3. The van der Waals surface area contributed by atoms with E-state index in [1.165, 1.54) is 19.2 Å². The molecule has 62 heavy (non-hydrogen) atoms. The first-order valence-corrected chi connectivity index (χ1v) is 21.3. The SMILES string of the molecule is CC12CCC(C1)C(C)(C)C2OC(=O)c1ccc(NC2=N/C3=N/C(Nc4ccc(C(=O)OC5C6(C)CCC(C6)C5(C)C)cc4)=N\C(=N/C(Nc4ccc(C=O)cc4)=N\3)N/C=N\2)cc1. The number of nitrogens with one attached hydrogen (secondary N) is 4. The average Bonchev–Trinajstić information content (AvgIpc) is 3.94. The fourth-order valence-electron chi connectivity index (χ4n) is 10.9. The Bertz CT molecular complexity index is 2480. The van der Waals surface area contributed by atoms with E-state index < -0.39 is 0 Å². The quantitative estimate of drug-likeness (QED) is 0.128. The van der Waals surface area contributed by atoms with Crippen LogP contribution in [0.1, 0.15) is 111 Å². The number of guanidine groups is 5. The molecule has 3 aromatic carbocycles. The van der Waals surface area contributed by atoms with Crippen molar-refractivity contribution in [3.05, 3.63) is 89.5 Å². The van der Waals surface area contributed by atoms with Gasteiger partial charge < -0.3 is 30.7 Å². The molecule has 7 aliphatic rings. The number of aliphatic imine (C=N–C) groups is 6. The van der Waals surface area contributed by atoms with Crippen LogP contribution in [0.25, 0.3) is 0 Å². The van der Waals surface area contributed by atoms with Crippen LogP contribution in [0.4, 0.5) is 17.1 Å². The minimum atomic E-state index is -0.347. The van der Waals surface area contributed by atoms with Gasteiger partial charge in [0, 0.05) is 44.3 Å². The van der Waals surface area contributed by atoms with Crippen LogP contribution in [0, 0.1) is 33.5 Å². The normalized spacial score (nSPS) is 33.3. The Morgan fingerprint density at radius 3 is 1.53 bits per heavy atom. The molecule has 15 nitrogen and oxygen atoms in total. The average molecular weight is 837 g/mol. The first-order valence-electron chi connectivity index (χ1n) is 21.3. The van der Waals surface area contributed by atoms with Gasteiger partial charge in [0.2, 0.25) is 23.8 Å². The van der Waals surface area contributed by atoms with Gasteiger partial charge >= 0.3 is 11.9 Å². The van der Waals surface area contributed by atoms with E-state index in [4.69, 9.17) is 9.47 Å². The van der Waals surface area contributed by atoms with Gasteiger partial charge in [-0.3, -0.25) is 4.79 Å². The Morgan fingerprint density at radius 1 is 0.613 bits per heavy atom. The topological polar surface area (TPSA) is 192 Å². The number of carbonyl (C=O) groups excluding carboxylic acids is 3. The zero-order chi connectivity index (χ0) is 43.4. The molecule has 6 unspecified atom stereocenters. The highest BCUT2D eigenvalue weighted by Gasteiger charge is 2.62. The molecule has 4 saturated carbocycles. The van der Waals surface area contributed by atoms with Crippen LogP contribution in [0.2, 0.25) is 0 Å². The molecule has 0 amide bonds. The lowest BCUT2D eigenvalue weighted by Crippen LogP contribution is -2.43. The molecule has 4 aliphatic carbocycles. The van der Waals surface area contributed by atoms with Gasteiger partial charge in [-0.05, 0) is 123 Å². The molecule has 320 valence electrons. The molecule has 6 bridgehead atoms. The highest BCUT2D eigenvalue weighted by molar-refractivity contribution is 6.19. The maximum atomic E-state index is 13.4. The molecule has 4 fully saturated rings. The summed E-state index contributed by atoms with van der Waals surface area (Å²) in [4.78, 5) is 65.7. The highest BCUT2D eigenvalue weighted by atomic mass is 16.6. The van der Waals surface area contributed by atoms with Crippen molar-refractivity contribution in [3.63, 3.8) is 0 Å². The number of aldehydes is 1. The molecule has 3 aromatic rings. The minimum Gasteiger partial charge on any atom is -0.458 e. The Hall–Kier alpha value is -6.51. The Labute approximate surface area is 360 Å². The van der Waals surface area contributed by atoms with Gasteiger partial charge in [0.05, 0.1) is 17.5 Å². The predicted octanol–water partition coefficient (Wildman–Crippen LogP) is 8.30. The molecule has 3 heterocycles. The zero-order valence-corrected chi connectivity index (χ0v) is 35.9. The van der Waals surface area contributed by atoms with Gasteiger partial charge in [-0.2, -0.15) is 25.0 Å². The summed E-state index contributed by atoms with van der Waals surface area (Å²) >= 11 is 0. The van der Waals surface area contributed by atoms with Crippen molar-refractivity contribution in [1.82, 2.24) is 5.32 Å². The van der Waals surface area contributed by atoms with E-state index in [9.17, 15) is 14.4 Å². The van der Waals surface area contributed by atoms with Crippen LogP contribution < -0.4 is 21.3 Å². The number of esters is 2. The molecule has 0 aromatic heterocycles. The number of fused-ring (bicyclic) bond motifs is 8. The third kappa shape index (κ3) is 7.80. The summed E-state index contributed by atoms with van der Waals surface area (Å²) in [6, 6.07) is 20.7. The van der Waals surface area contributed by atoms with Crippen LogP contribution >= 0.6 is 0 Å². The number of carbonyl (C=O) groups is 3. The second kappa shape index (κ2) is 15.4. The molecule has 6 atom stereocenters. The first-order chi connectivity index (χ1) is 29.6. The molecule has 0 saturated heterocycles. The number of ether oxygens (including phenoxy) is 2. The lowest BCUT2D eigenvalue weighted by molar-refractivity contribution is -0.0585. The Morgan fingerprint density at radius 2 is 1.06 bits per heavy atom.